The van der Waals surface area contributed by atoms with Gasteiger partial charge in [-0.1, -0.05) is 44.5 Å². The number of rotatable bonds is 10. The van der Waals surface area contributed by atoms with Crippen LogP contribution in [0.3, 0.4) is 0 Å². The van der Waals surface area contributed by atoms with E-state index in [4.69, 9.17) is 4.74 Å². The van der Waals surface area contributed by atoms with Crippen LogP contribution in [0.2, 0.25) is 0 Å². The lowest BCUT2D eigenvalue weighted by Gasteiger charge is -2.13. The second kappa shape index (κ2) is 9.54. The Balaban J connectivity index is 2.50. The Morgan fingerprint density at radius 1 is 1.17 bits per heavy atom. The average Bonchev–Trinajstić information content (AvgIpc) is 2.57. The Morgan fingerprint density at radius 3 is 2.33 bits per heavy atom. The molecule has 6 nitrogen and oxygen atoms in total. The molecule has 0 saturated heterocycles. The van der Waals surface area contributed by atoms with Crippen molar-refractivity contribution in [2.75, 3.05) is 12.4 Å². The van der Waals surface area contributed by atoms with Crippen molar-refractivity contribution in [3.05, 3.63) is 35.4 Å². The van der Waals surface area contributed by atoms with Gasteiger partial charge in [0.15, 0.2) is 12.4 Å². The van der Waals surface area contributed by atoms with E-state index in [1.54, 1.807) is 12.1 Å². The Labute approximate surface area is 143 Å². The molecule has 7 heteroatoms. The van der Waals surface area contributed by atoms with E-state index in [0.717, 1.165) is 18.4 Å². The molecule has 0 radical (unpaired) electrons. The number of carbonyl (C=O) groups excluding carboxylic acids is 2. The van der Waals surface area contributed by atoms with Crippen LogP contribution in [-0.4, -0.2) is 38.6 Å². The van der Waals surface area contributed by atoms with Crippen LogP contribution in [0, 0.1) is 0 Å². The maximum absolute atomic E-state index is 12.0. The summed E-state index contributed by atoms with van der Waals surface area (Å²) in [4.78, 5) is 23.8. The molecule has 0 heterocycles. The summed E-state index contributed by atoms with van der Waals surface area (Å²) in [5, 5.41) is 0. The van der Waals surface area contributed by atoms with Gasteiger partial charge in [0, 0.05) is 5.56 Å². The first-order chi connectivity index (χ1) is 11.3. The van der Waals surface area contributed by atoms with Gasteiger partial charge in [0.1, 0.15) is 6.04 Å². The standard InChI is InChI=1S/C17H25NO5S/c1-4-6-11-24(21,22)18-13(3)17(20)23-12-16(19)15-9-7-14(5-2)8-10-15/h7-10,13,18H,4-6,11-12H2,1-3H3/t13-/m0/s1. The van der Waals surface area contributed by atoms with Crippen molar-refractivity contribution >= 4 is 21.8 Å². The van der Waals surface area contributed by atoms with Gasteiger partial charge in [0.25, 0.3) is 0 Å². The third kappa shape index (κ3) is 6.80. The van der Waals surface area contributed by atoms with E-state index in [-0.39, 0.29) is 11.5 Å². The lowest BCUT2D eigenvalue weighted by Crippen LogP contribution is -2.41. The summed E-state index contributed by atoms with van der Waals surface area (Å²) < 4.78 is 30.6. The van der Waals surface area contributed by atoms with Gasteiger partial charge in [-0.2, -0.15) is 0 Å². The highest BCUT2D eigenvalue weighted by atomic mass is 32.2. The first kappa shape index (κ1) is 20.3. The molecule has 0 spiro atoms. The van der Waals surface area contributed by atoms with Gasteiger partial charge in [-0.25, -0.2) is 13.1 Å². The van der Waals surface area contributed by atoms with Crippen molar-refractivity contribution in [1.29, 1.82) is 0 Å². The van der Waals surface area contributed by atoms with E-state index >= 15 is 0 Å². The van der Waals surface area contributed by atoms with Crippen LogP contribution < -0.4 is 4.72 Å². The zero-order valence-corrected chi connectivity index (χ0v) is 15.2. The molecule has 0 bridgehead atoms. The number of nitrogens with one attached hydrogen (secondary N) is 1. The lowest BCUT2D eigenvalue weighted by molar-refractivity contribution is -0.144. The first-order valence-corrected chi connectivity index (χ1v) is 9.73. The molecule has 1 atom stereocenters. The number of benzene rings is 1. The number of carbonyl (C=O) groups is 2. The second-order valence-electron chi connectivity index (χ2n) is 5.59. The number of esters is 1. The summed E-state index contributed by atoms with van der Waals surface area (Å²) >= 11 is 0. The van der Waals surface area contributed by atoms with Crippen molar-refractivity contribution in [3.8, 4) is 0 Å². The Bertz CT molecular complexity index is 652. The molecule has 24 heavy (non-hydrogen) atoms. The van der Waals surface area contributed by atoms with E-state index in [2.05, 4.69) is 4.72 Å². The topological polar surface area (TPSA) is 89.5 Å². The minimum absolute atomic E-state index is 0.0379. The molecule has 0 fully saturated rings. The molecule has 134 valence electrons. The molecule has 1 aromatic carbocycles. The predicted molar refractivity (Wildman–Crippen MR) is 92.4 cm³/mol. The van der Waals surface area contributed by atoms with Crippen molar-refractivity contribution in [2.24, 2.45) is 0 Å². The highest BCUT2D eigenvalue weighted by Gasteiger charge is 2.22. The van der Waals surface area contributed by atoms with Crippen molar-refractivity contribution in [2.45, 2.75) is 46.1 Å². The molecular formula is C17H25NO5S. The Morgan fingerprint density at radius 2 is 1.79 bits per heavy atom. The van der Waals surface area contributed by atoms with Crippen LogP contribution >= 0.6 is 0 Å². The quantitative estimate of drug-likeness (QED) is 0.513. The van der Waals surface area contributed by atoms with E-state index < -0.39 is 28.6 Å². The number of ether oxygens (including phenoxy) is 1. The average molecular weight is 355 g/mol. The minimum Gasteiger partial charge on any atom is -0.456 e. The van der Waals surface area contributed by atoms with Crippen molar-refractivity contribution in [3.63, 3.8) is 0 Å². The summed E-state index contributed by atoms with van der Waals surface area (Å²) in [5.41, 5.74) is 1.56. The normalized spacial score (nSPS) is 12.6. The van der Waals surface area contributed by atoms with Crippen LogP contribution in [0.1, 0.15) is 49.5 Å². The lowest BCUT2D eigenvalue weighted by atomic mass is 10.1. The van der Waals surface area contributed by atoms with E-state index in [0.29, 0.717) is 12.0 Å². The number of unbranched alkanes of at least 4 members (excludes halogenated alkanes) is 1. The molecule has 0 aromatic heterocycles. The third-order valence-corrected chi connectivity index (χ3v) is 5.04. The van der Waals surface area contributed by atoms with Gasteiger partial charge in [0.2, 0.25) is 10.0 Å². The number of hydrogen-bond acceptors (Lipinski definition) is 5. The Kier molecular flexibility index (Phi) is 8.07. The zero-order chi connectivity index (χ0) is 18.2. The summed E-state index contributed by atoms with van der Waals surface area (Å²) in [6.07, 6.45) is 2.13. The fourth-order valence-corrected chi connectivity index (χ4v) is 3.40. The van der Waals surface area contributed by atoms with Gasteiger partial charge in [-0.3, -0.25) is 9.59 Å². The number of Topliss-reactive ketones (excluding diaryl/α,β-unsaturated/α-hetero) is 1. The summed E-state index contributed by atoms with van der Waals surface area (Å²) in [7, 11) is -3.52. The molecule has 0 aliphatic heterocycles. The summed E-state index contributed by atoms with van der Waals surface area (Å²) in [6.45, 7) is 4.88. The van der Waals surface area contributed by atoms with Crippen molar-refractivity contribution < 1.29 is 22.7 Å². The molecule has 0 unspecified atom stereocenters. The number of hydrogen-bond donors (Lipinski definition) is 1. The first-order valence-electron chi connectivity index (χ1n) is 8.07. The van der Waals surface area contributed by atoms with Crippen LogP contribution in [0.25, 0.3) is 0 Å². The van der Waals surface area contributed by atoms with Gasteiger partial charge in [-0.15, -0.1) is 0 Å². The number of sulfonamides is 1. The third-order valence-electron chi connectivity index (χ3n) is 3.51. The summed E-state index contributed by atoms with van der Waals surface area (Å²) in [5.74, 6) is -1.13. The molecular weight excluding hydrogens is 330 g/mol. The minimum atomic E-state index is -3.52. The van der Waals surface area contributed by atoms with E-state index in [1.165, 1.54) is 6.92 Å². The molecule has 1 N–H and O–H groups in total. The predicted octanol–water partition coefficient (Wildman–Crippen LogP) is 2.08. The smallest absolute Gasteiger partial charge is 0.324 e. The van der Waals surface area contributed by atoms with E-state index in [9.17, 15) is 18.0 Å². The molecule has 0 aliphatic rings. The molecule has 0 amide bonds. The monoisotopic (exact) mass is 355 g/mol. The van der Waals surface area contributed by atoms with Gasteiger partial charge < -0.3 is 4.74 Å². The highest BCUT2D eigenvalue weighted by Crippen LogP contribution is 2.06. The fraction of sp³-hybridized carbons (Fsp3) is 0.529. The largest absolute Gasteiger partial charge is 0.456 e. The van der Waals surface area contributed by atoms with Crippen LogP contribution in [0.15, 0.2) is 24.3 Å². The fourth-order valence-electron chi connectivity index (χ4n) is 1.98. The van der Waals surface area contributed by atoms with Gasteiger partial charge in [0.05, 0.1) is 5.75 Å². The SMILES string of the molecule is CCCCS(=O)(=O)N[C@@H](C)C(=O)OCC(=O)c1ccc(CC)cc1. The molecule has 0 aliphatic carbocycles. The summed E-state index contributed by atoms with van der Waals surface area (Å²) in [6, 6.07) is 6.04. The van der Waals surface area contributed by atoms with Crippen LogP contribution in [0.4, 0.5) is 0 Å². The Hall–Kier alpha value is -1.73. The van der Waals surface area contributed by atoms with E-state index in [1.807, 2.05) is 26.0 Å². The van der Waals surface area contributed by atoms with Crippen LogP contribution in [-0.2, 0) is 26.0 Å². The number of aryl methyl sites for hydroxylation is 1. The van der Waals surface area contributed by atoms with Gasteiger partial charge >= 0.3 is 5.97 Å². The zero-order valence-electron chi connectivity index (χ0n) is 14.4. The van der Waals surface area contributed by atoms with Gasteiger partial charge in [-0.05, 0) is 25.3 Å². The van der Waals surface area contributed by atoms with Crippen molar-refractivity contribution in [1.82, 2.24) is 4.72 Å². The highest BCUT2D eigenvalue weighted by molar-refractivity contribution is 7.89. The molecule has 0 saturated carbocycles. The maximum atomic E-state index is 12.0. The molecule has 1 aromatic rings. The number of ketones is 1. The van der Waals surface area contributed by atoms with Crippen LogP contribution in [0.5, 0.6) is 0 Å². The maximum Gasteiger partial charge on any atom is 0.324 e. The molecule has 1 rings (SSSR count). The second-order valence-corrected chi connectivity index (χ2v) is 7.47.